The zero-order valence-electron chi connectivity index (χ0n) is 8.45. The van der Waals surface area contributed by atoms with Gasteiger partial charge in [-0.15, -0.1) is 0 Å². The molecule has 12 heavy (non-hydrogen) atoms. The van der Waals surface area contributed by atoms with Gasteiger partial charge >= 0.3 is 0 Å². The molecule has 2 unspecified atom stereocenters. The predicted octanol–water partition coefficient (Wildman–Crippen LogP) is 3.49. The van der Waals surface area contributed by atoms with E-state index in [-0.39, 0.29) is 0 Å². The fraction of sp³-hybridized carbons (Fsp3) is 1.00. The minimum Gasteiger partial charge on any atom is -0.255 e. The zero-order valence-corrected chi connectivity index (χ0v) is 8.45. The molecule has 0 aromatic carbocycles. The van der Waals surface area contributed by atoms with Crippen LogP contribution in [0.3, 0.4) is 0 Å². The summed E-state index contributed by atoms with van der Waals surface area (Å²) in [6.07, 6.45) is 5.92. The van der Waals surface area contributed by atoms with E-state index in [0.717, 1.165) is 17.8 Å². The van der Waals surface area contributed by atoms with Gasteiger partial charge in [-0.2, -0.15) is 0 Å². The van der Waals surface area contributed by atoms with Crippen LogP contribution in [0, 0.1) is 17.8 Å². The van der Waals surface area contributed by atoms with Crippen molar-refractivity contribution in [3.63, 3.8) is 0 Å². The molecule has 74 valence electrons. The maximum Gasteiger partial charge on any atom is -0.0389 e. The molecule has 2 atom stereocenters. The first kappa shape index (κ1) is 11.9. The molecule has 1 rings (SSSR count). The Hall–Kier alpha value is -0.0800. The average Bonchev–Trinajstić information content (AvgIpc) is 2.08. The van der Waals surface area contributed by atoms with Gasteiger partial charge in [0.05, 0.1) is 0 Å². The highest BCUT2D eigenvalue weighted by atomic mass is 17.0. The Labute approximate surface area is 75.5 Å². The minimum atomic E-state index is 0.919. The van der Waals surface area contributed by atoms with Crippen molar-refractivity contribution in [2.75, 3.05) is 0 Å². The first-order valence-electron chi connectivity index (χ1n) is 4.90. The van der Waals surface area contributed by atoms with E-state index in [1.165, 1.54) is 25.7 Å². The van der Waals surface area contributed by atoms with E-state index in [9.17, 15) is 0 Å². The van der Waals surface area contributed by atoms with Crippen molar-refractivity contribution < 1.29 is 10.5 Å². The maximum absolute atomic E-state index is 6.00. The number of rotatable bonds is 1. The summed E-state index contributed by atoms with van der Waals surface area (Å²) in [5.41, 5.74) is 0. The summed E-state index contributed by atoms with van der Waals surface area (Å²) in [5.74, 6) is 2.95. The number of hydrogen-bond acceptors (Lipinski definition) is 2. The van der Waals surface area contributed by atoms with Crippen LogP contribution in [-0.4, -0.2) is 10.5 Å². The third-order valence-corrected chi connectivity index (χ3v) is 2.92. The Morgan fingerprint density at radius 2 is 1.75 bits per heavy atom. The van der Waals surface area contributed by atoms with Crippen LogP contribution in [0.25, 0.3) is 0 Å². The average molecular weight is 174 g/mol. The lowest BCUT2D eigenvalue weighted by atomic mass is 9.77. The molecule has 0 bridgehead atoms. The molecule has 0 saturated heterocycles. The smallest absolute Gasteiger partial charge is 0.0389 e. The van der Waals surface area contributed by atoms with Crippen LogP contribution in [0.2, 0.25) is 0 Å². The van der Waals surface area contributed by atoms with Gasteiger partial charge in [-0.25, -0.2) is 0 Å². The lowest BCUT2D eigenvalue weighted by molar-refractivity contribution is -0.176. The number of hydrogen-bond donors (Lipinski definition) is 2. The monoisotopic (exact) mass is 174 g/mol. The van der Waals surface area contributed by atoms with Gasteiger partial charge in [-0.1, -0.05) is 40.0 Å². The lowest BCUT2D eigenvalue weighted by Crippen LogP contribution is -2.17. The topological polar surface area (TPSA) is 40.5 Å². The molecule has 0 amide bonds. The predicted molar refractivity (Wildman–Crippen MR) is 51.2 cm³/mol. The molecule has 0 radical (unpaired) electrons. The van der Waals surface area contributed by atoms with Crippen LogP contribution in [0.15, 0.2) is 0 Å². The van der Waals surface area contributed by atoms with Crippen LogP contribution in [0.4, 0.5) is 0 Å². The molecule has 1 aliphatic rings. The summed E-state index contributed by atoms with van der Waals surface area (Å²) in [6, 6.07) is 0. The summed E-state index contributed by atoms with van der Waals surface area (Å²) in [5, 5.41) is 12.0. The van der Waals surface area contributed by atoms with Crippen molar-refractivity contribution in [2.45, 2.75) is 46.5 Å². The summed E-state index contributed by atoms with van der Waals surface area (Å²) in [6.45, 7) is 7.12. The van der Waals surface area contributed by atoms with Gasteiger partial charge in [0.1, 0.15) is 0 Å². The van der Waals surface area contributed by atoms with E-state index in [4.69, 9.17) is 10.5 Å². The molecule has 1 aliphatic carbocycles. The van der Waals surface area contributed by atoms with Gasteiger partial charge in [0.15, 0.2) is 0 Å². The van der Waals surface area contributed by atoms with Crippen LogP contribution < -0.4 is 0 Å². The first-order valence-corrected chi connectivity index (χ1v) is 4.90. The molecular weight excluding hydrogens is 152 g/mol. The van der Waals surface area contributed by atoms with E-state index in [1.807, 2.05) is 0 Å². The maximum atomic E-state index is 6.00. The highest BCUT2D eigenvalue weighted by Crippen LogP contribution is 2.32. The SMILES string of the molecule is CC1CCCC(C(C)C)C1.OO. The molecule has 0 aromatic rings. The fourth-order valence-electron chi connectivity index (χ4n) is 2.09. The van der Waals surface area contributed by atoms with Crippen LogP contribution >= 0.6 is 0 Å². The normalized spacial score (nSPS) is 29.5. The lowest BCUT2D eigenvalue weighted by Gasteiger charge is -2.29. The molecule has 2 nitrogen and oxygen atoms in total. The molecular formula is C10H22O2. The van der Waals surface area contributed by atoms with Gasteiger partial charge in [0, 0.05) is 0 Å². The van der Waals surface area contributed by atoms with E-state index in [2.05, 4.69) is 20.8 Å². The summed E-state index contributed by atoms with van der Waals surface area (Å²) in [4.78, 5) is 0. The third-order valence-electron chi connectivity index (χ3n) is 2.92. The van der Waals surface area contributed by atoms with Crippen molar-refractivity contribution in [3.8, 4) is 0 Å². The molecule has 0 aliphatic heterocycles. The first-order chi connectivity index (χ1) is 5.70. The Bertz CT molecular complexity index is 102. The van der Waals surface area contributed by atoms with Crippen molar-refractivity contribution in [1.82, 2.24) is 0 Å². The van der Waals surface area contributed by atoms with Crippen molar-refractivity contribution >= 4 is 0 Å². The molecule has 0 aromatic heterocycles. The van der Waals surface area contributed by atoms with Gasteiger partial charge in [-0.05, 0) is 24.2 Å². The molecule has 2 N–H and O–H groups in total. The molecule has 0 spiro atoms. The second-order valence-corrected chi connectivity index (χ2v) is 4.28. The van der Waals surface area contributed by atoms with Crippen LogP contribution in [0.1, 0.15) is 46.5 Å². The minimum absolute atomic E-state index is 0.919. The van der Waals surface area contributed by atoms with Crippen molar-refractivity contribution in [1.29, 1.82) is 0 Å². The van der Waals surface area contributed by atoms with Gasteiger partial charge in [-0.3, -0.25) is 10.5 Å². The molecule has 1 fully saturated rings. The van der Waals surface area contributed by atoms with Crippen molar-refractivity contribution in [3.05, 3.63) is 0 Å². The Kier molecular flexibility index (Phi) is 6.39. The standard InChI is InChI=1S/C10H20.H2O2/c1-8(2)10-6-4-5-9(3)7-10;1-2/h8-10H,4-7H2,1-3H3;1-2H. The largest absolute Gasteiger partial charge is 0.255 e. The van der Waals surface area contributed by atoms with E-state index in [1.54, 1.807) is 0 Å². The summed E-state index contributed by atoms with van der Waals surface area (Å²) < 4.78 is 0. The second kappa shape index (κ2) is 6.44. The summed E-state index contributed by atoms with van der Waals surface area (Å²) in [7, 11) is 0. The molecule has 0 heterocycles. The third kappa shape index (κ3) is 4.07. The van der Waals surface area contributed by atoms with E-state index < -0.39 is 0 Å². The second-order valence-electron chi connectivity index (χ2n) is 4.28. The van der Waals surface area contributed by atoms with E-state index >= 15 is 0 Å². The highest BCUT2D eigenvalue weighted by molar-refractivity contribution is 4.72. The van der Waals surface area contributed by atoms with Crippen LogP contribution in [-0.2, 0) is 0 Å². The summed E-state index contributed by atoms with van der Waals surface area (Å²) >= 11 is 0. The van der Waals surface area contributed by atoms with Gasteiger partial charge < -0.3 is 0 Å². The Balaban J connectivity index is 0.000000561. The Morgan fingerprint density at radius 1 is 1.17 bits per heavy atom. The van der Waals surface area contributed by atoms with Gasteiger partial charge in [0.25, 0.3) is 0 Å². The fourth-order valence-corrected chi connectivity index (χ4v) is 2.09. The molecule has 1 saturated carbocycles. The van der Waals surface area contributed by atoms with Crippen LogP contribution in [0.5, 0.6) is 0 Å². The Morgan fingerprint density at radius 3 is 2.08 bits per heavy atom. The molecule has 2 heteroatoms. The zero-order chi connectivity index (χ0) is 9.56. The highest BCUT2D eigenvalue weighted by Gasteiger charge is 2.20. The van der Waals surface area contributed by atoms with Gasteiger partial charge in [0.2, 0.25) is 0 Å². The van der Waals surface area contributed by atoms with Crippen molar-refractivity contribution in [2.24, 2.45) is 17.8 Å². The van der Waals surface area contributed by atoms with E-state index in [0.29, 0.717) is 0 Å². The quantitative estimate of drug-likeness (QED) is 0.472.